The average Bonchev–Trinajstić information content (AvgIpc) is 3.25. The number of nitrogens with zero attached hydrogens (tertiary/aromatic N) is 1. The van der Waals surface area contributed by atoms with Gasteiger partial charge in [-0.15, -0.1) is 0 Å². The van der Waals surface area contributed by atoms with Crippen LogP contribution < -0.4 is 16.0 Å². The number of aliphatic hydroxyl groups excluding tert-OH is 1. The Morgan fingerprint density at radius 3 is 1.29 bits per heavy atom. The fourth-order valence-electron chi connectivity index (χ4n) is 8.12. The Morgan fingerprint density at radius 2 is 0.839 bits per heavy atom. The van der Waals surface area contributed by atoms with Gasteiger partial charge < -0.3 is 25.5 Å². The van der Waals surface area contributed by atoms with Crippen LogP contribution >= 0.6 is 0 Å². The molecular formula is C54H105N4O4+. The summed E-state index contributed by atoms with van der Waals surface area (Å²) in [6.07, 6.45) is 51.8. The minimum Gasteiger partial charge on any atom is -0.391 e. The van der Waals surface area contributed by atoms with Gasteiger partial charge in [-0.1, -0.05) is 173 Å². The first-order valence-corrected chi connectivity index (χ1v) is 26.8. The van der Waals surface area contributed by atoms with E-state index in [1.807, 2.05) is 0 Å². The molecule has 62 heavy (non-hydrogen) atoms. The lowest BCUT2D eigenvalue weighted by Gasteiger charge is -2.28. The molecule has 0 aromatic heterocycles. The van der Waals surface area contributed by atoms with E-state index in [1.54, 1.807) is 0 Å². The molecule has 0 heterocycles. The van der Waals surface area contributed by atoms with Crippen molar-refractivity contribution in [3.8, 4) is 0 Å². The van der Waals surface area contributed by atoms with Crippen molar-refractivity contribution in [1.29, 1.82) is 0 Å². The average molecular weight is 874 g/mol. The topological polar surface area (TPSA) is 108 Å². The normalized spacial score (nSPS) is 12.4. The van der Waals surface area contributed by atoms with Gasteiger partial charge in [-0.2, -0.15) is 0 Å². The van der Waals surface area contributed by atoms with E-state index in [2.05, 4.69) is 68.2 Å². The molecule has 364 valence electrons. The highest BCUT2D eigenvalue weighted by Crippen LogP contribution is 2.13. The molecule has 0 spiro atoms. The standard InChI is InChI=1S/C54H104N4O4/c1-5-7-9-11-13-15-17-19-21-23-25-28-32-36-40-46-55-52(60)45-44-51(57-53(61)43-39-35-31-27-30-34-38-42-48-58(3,4)49-50-59)54(62)56-47-41-37-33-29-26-24-22-20-18-16-14-12-10-8-6-2/h19-22,51,59H,5-18,23-50H2,1-4H3,(H2-,55,56,57,60,61,62)/p+1/b21-19+,22-20+. The van der Waals surface area contributed by atoms with Crippen LogP contribution in [0.2, 0.25) is 0 Å². The molecule has 0 saturated heterocycles. The van der Waals surface area contributed by atoms with Crippen molar-refractivity contribution in [2.75, 3.05) is 46.9 Å². The van der Waals surface area contributed by atoms with Crippen molar-refractivity contribution in [2.24, 2.45) is 0 Å². The molecule has 4 N–H and O–H groups in total. The molecule has 0 aliphatic carbocycles. The Hall–Kier alpha value is -2.19. The predicted molar refractivity (Wildman–Crippen MR) is 267 cm³/mol. The minimum atomic E-state index is -0.683. The first-order chi connectivity index (χ1) is 30.3. The summed E-state index contributed by atoms with van der Waals surface area (Å²) in [6, 6.07) is -0.683. The van der Waals surface area contributed by atoms with Crippen molar-refractivity contribution in [1.82, 2.24) is 16.0 Å². The number of hydrogen-bond acceptors (Lipinski definition) is 4. The van der Waals surface area contributed by atoms with E-state index in [0.29, 0.717) is 25.9 Å². The molecule has 0 fully saturated rings. The van der Waals surface area contributed by atoms with E-state index in [9.17, 15) is 19.5 Å². The maximum Gasteiger partial charge on any atom is 0.242 e. The molecule has 0 aromatic rings. The minimum absolute atomic E-state index is 0.0438. The number of carbonyl (C=O) groups excluding carboxylic acids is 3. The summed E-state index contributed by atoms with van der Waals surface area (Å²) in [6.45, 7) is 7.96. The highest BCUT2D eigenvalue weighted by atomic mass is 16.3. The molecule has 0 bridgehead atoms. The molecule has 1 atom stereocenters. The summed E-state index contributed by atoms with van der Waals surface area (Å²) in [5, 5.41) is 18.3. The summed E-state index contributed by atoms with van der Waals surface area (Å²) in [4.78, 5) is 39.0. The van der Waals surface area contributed by atoms with Crippen LogP contribution in [0.4, 0.5) is 0 Å². The molecule has 8 nitrogen and oxygen atoms in total. The maximum absolute atomic E-state index is 13.3. The number of carbonyl (C=O) groups is 3. The van der Waals surface area contributed by atoms with Gasteiger partial charge in [0.1, 0.15) is 12.6 Å². The lowest BCUT2D eigenvalue weighted by atomic mass is 10.1. The number of likely N-dealkylation sites (N-methyl/N-ethyl adjacent to an activating group) is 1. The number of allylic oxidation sites excluding steroid dienone is 4. The van der Waals surface area contributed by atoms with Crippen LogP contribution in [-0.2, 0) is 14.4 Å². The zero-order valence-corrected chi connectivity index (χ0v) is 41.7. The number of amides is 3. The molecule has 0 saturated carbocycles. The summed E-state index contributed by atoms with van der Waals surface area (Å²) < 4.78 is 0.879. The third-order valence-electron chi connectivity index (χ3n) is 12.4. The number of rotatable bonds is 48. The van der Waals surface area contributed by atoms with Crippen LogP contribution in [0.1, 0.15) is 251 Å². The van der Waals surface area contributed by atoms with Gasteiger partial charge in [0.15, 0.2) is 0 Å². The molecule has 0 radical (unpaired) electrons. The van der Waals surface area contributed by atoms with E-state index in [0.717, 1.165) is 68.9 Å². The molecule has 8 heteroatoms. The Bertz CT molecular complexity index is 1060. The van der Waals surface area contributed by atoms with Gasteiger partial charge >= 0.3 is 0 Å². The van der Waals surface area contributed by atoms with E-state index in [4.69, 9.17) is 0 Å². The van der Waals surface area contributed by atoms with Gasteiger partial charge in [0.25, 0.3) is 0 Å². The smallest absolute Gasteiger partial charge is 0.242 e. The third kappa shape index (κ3) is 44.4. The van der Waals surface area contributed by atoms with Crippen LogP contribution in [0.25, 0.3) is 0 Å². The van der Waals surface area contributed by atoms with Gasteiger partial charge in [-0.25, -0.2) is 0 Å². The molecule has 3 amide bonds. The SMILES string of the molecule is CCCCCCCC/C=C/CCCCCCCNC(=O)CCC(NC(=O)CCCCCCCCCC[N+](C)(C)CCO)C(=O)NCCCCCCC/C=C/CCCCCCCC. The molecule has 0 aromatic carbocycles. The van der Waals surface area contributed by atoms with Gasteiger partial charge in [0.05, 0.1) is 27.2 Å². The maximum atomic E-state index is 13.3. The summed E-state index contributed by atoms with van der Waals surface area (Å²) in [7, 11) is 4.36. The number of aliphatic hydroxyl groups is 1. The van der Waals surface area contributed by atoms with E-state index in [1.165, 1.54) is 167 Å². The number of nitrogens with one attached hydrogen (secondary N) is 3. The van der Waals surface area contributed by atoms with Gasteiger partial charge in [0.2, 0.25) is 17.7 Å². The largest absolute Gasteiger partial charge is 0.391 e. The first-order valence-electron chi connectivity index (χ1n) is 26.8. The van der Waals surface area contributed by atoms with Gasteiger partial charge in [-0.3, -0.25) is 14.4 Å². The highest BCUT2D eigenvalue weighted by Gasteiger charge is 2.21. The Kier molecular flexibility index (Phi) is 45.1. The molecule has 0 aliphatic heterocycles. The third-order valence-corrected chi connectivity index (χ3v) is 12.4. The lowest BCUT2D eigenvalue weighted by molar-refractivity contribution is -0.890. The molecule has 1 unspecified atom stereocenters. The second-order valence-corrected chi connectivity index (χ2v) is 19.2. The summed E-state index contributed by atoms with van der Waals surface area (Å²) in [5.41, 5.74) is 0. The second kappa shape index (κ2) is 46.8. The first kappa shape index (κ1) is 59.8. The van der Waals surface area contributed by atoms with E-state index in [-0.39, 0.29) is 30.7 Å². The van der Waals surface area contributed by atoms with Crippen molar-refractivity contribution in [3.63, 3.8) is 0 Å². The zero-order valence-electron chi connectivity index (χ0n) is 41.7. The molecular weight excluding hydrogens is 769 g/mol. The summed E-state index contributed by atoms with van der Waals surface area (Å²) in [5.74, 6) is -0.307. The van der Waals surface area contributed by atoms with Crippen molar-refractivity contribution >= 4 is 17.7 Å². The lowest BCUT2D eigenvalue weighted by Crippen LogP contribution is -2.47. The van der Waals surface area contributed by atoms with Crippen molar-refractivity contribution in [3.05, 3.63) is 24.3 Å². The van der Waals surface area contributed by atoms with E-state index < -0.39 is 6.04 Å². The molecule has 0 aliphatic rings. The van der Waals surface area contributed by atoms with Crippen LogP contribution in [0.15, 0.2) is 24.3 Å². The van der Waals surface area contributed by atoms with Gasteiger partial charge in [0, 0.05) is 25.9 Å². The fourth-order valence-corrected chi connectivity index (χ4v) is 8.12. The predicted octanol–water partition coefficient (Wildman–Crippen LogP) is 13.4. The number of unbranched alkanes of at least 4 members (excludes halogenated alkanes) is 29. The fraction of sp³-hybridized carbons (Fsp3) is 0.870. The Morgan fingerprint density at radius 1 is 0.452 bits per heavy atom. The summed E-state index contributed by atoms with van der Waals surface area (Å²) >= 11 is 0. The van der Waals surface area contributed by atoms with Crippen LogP contribution in [-0.4, -0.2) is 80.2 Å². The number of quaternary nitrogens is 1. The van der Waals surface area contributed by atoms with Crippen LogP contribution in [0.3, 0.4) is 0 Å². The number of hydrogen-bond donors (Lipinski definition) is 4. The van der Waals surface area contributed by atoms with Crippen LogP contribution in [0, 0.1) is 0 Å². The van der Waals surface area contributed by atoms with Crippen molar-refractivity contribution in [2.45, 2.75) is 257 Å². The zero-order chi connectivity index (χ0) is 45.5. The monoisotopic (exact) mass is 874 g/mol. The highest BCUT2D eigenvalue weighted by molar-refractivity contribution is 5.88. The quantitative estimate of drug-likeness (QED) is 0.0277. The van der Waals surface area contributed by atoms with Crippen molar-refractivity contribution < 1.29 is 24.0 Å². The second-order valence-electron chi connectivity index (χ2n) is 19.2. The van der Waals surface area contributed by atoms with Gasteiger partial charge in [-0.05, 0) is 89.9 Å². The Balaban J connectivity index is 4.42. The van der Waals surface area contributed by atoms with E-state index >= 15 is 0 Å². The van der Waals surface area contributed by atoms with Crippen LogP contribution in [0.5, 0.6) is 0 Å². The Labute approximate surface area is 385 Å². The molecule has 0 rings (SSSR count).